The van der Waals surface area contributed by atoms with Crippen molar-refractivity contribution in [3.05, 3.63) is 12.7 Å². The molecule has 8 nitrogen and oxygen atoms in total. The summed E-state index contributed by atoms with van der Waals surface area (Å²) >= 11 is 0. The van der Waals surface area contributed by atoms with Crippen LogP contribution < -0.4 is 0 Å². The van der Waals surface area contributed by atoms with Gasteiger partial charge in [0.25, 0.3) is 0 Å². The maximum atomic E-state index is 12.3. The number of hydrogen-bond donors (Lipinski definition) is 2. The van der Waals surface area contributed by atoms with Crippen LogP contribution in [0.2, 0.25) is 0 Å². The van der Waals surface area contributed by atoms with Crippen LogP contribution in [0.1, 0.15) is 155 Å². The van der Waals surface area contributed by atoms with Crippen molar-refractivity contribution in [1.82, 2.24) is 0 Å². The maximum absolute atomic E-state index is 12.3. The molecule has 0 amide bonds. The summed E-state index contributed by atoms with van der Waals surface area (Å²) in [6.45, 7) is 8.48. The monoisotopic (exact) mass is 628 g/mol. The van der Waals surface area contributed by atoms with E-state index in [4.69, 9.17) is 23.7 Å². The fraction of sp³-hybridized carbons (Fsp3) is 0.917. The summed E-state index contributed by atoms with van der Waals surface area (Å²) in [6, 6.07) is 0. The predicted octanol–water partition coefficient (Wildman–Crippen LogP) is 8.80. The maximum Gasteiger partial charge on any atom is 0.509 e. The molecular weight excluding hydrogens is 560 g/mol. The Morgan fingerprint density at radius 3 is 1.48 bits per heavy atom. The number of rotatable bonds is 30. The number of hydrogen-bond acceptors (Lipinski definition) is 8. The van der Waals surface area contributed by atoms with Crippen LogP contribution in [0.25, 0.3) is 0 Å². The second kappa shape index (κ2) is 29.2. The Labute approximate surface area is 269 Å². The van der Waals surface area contributed by atoms with Gasteiger partial charge in [-0.05, 0) is 12.8 Å². The van der Waals surface area contributed by atoms with Crippen LogP contribution in [-0.4, -0.2) is 73.5 Å². The van der Waals surface area contributed by atoms with Crippen molar-refractivity contribution in [2.24, 2.45) is 0 Å². The van der Waals surface area contributed by atoms with Crippen LogP contribution in [-0.2, 0) is 23.7 Å². The largest absolute Gasteiger partial charge is 0.509 e. The quantitative estimate of drug-likeness (QED) is 0.0462. The first-order chi connectivity index (χ1) is 21.6. The van der Waals surface area contributed by atoms with Gasteiger partial charge in [0.15, 0.2) is 12.4 Å². The van der Waals surface area contributed by atoms with Gasteiger partial charge in [-0.25, -0.2) is 4.79 Å². The Morgan fingerprint density at radius 1 is 0.659 bits per heavy atom. The molecule has 1 aliphatic heterocycles. The minimum absolute atomic E-state index is 0.00183. The van der Waals surface area contributed by atoms with E-state index < -0.39 is 43.5 Å². The minimum Gasteiger partial charge on any atom is -0.430 e. The molecule has 0 aromatic heterocycles. The number of ether oxygens (including phenoxy) is 5. The molecule has 1 fully saturated rings. The smallest absolute Gasteiger partial charge is 0.430 e. The molecular formula is C36H68O8. The highest BCUT2D eigenvalue weighted by Crippen LogP contribution is 2.28. The van der Waals surface area contributed by atoms with Gasteiger partial charge in [-0.3, -0.25) is 0 Å². The summed E-state index contributed by atoms with van der Waals surface area (Å²) in [6.07, 6.45) is 22.8. The molecule has 0 aromatic rings. The van der Waals surface area contributed by atoms with Crippen LogP contribution >= 0.6 is 0 Å². The van der Waals surface area contributed by atoms with E-state index >= 15 is 0 Å². The molecule has 1 rings (SSSR count). The van der Waals surface area contributed by atoms with Crippen molar-refractivity contribution in [3.8, 4) is 0 Å². The number of aliphatic hydroxyl groups is 2. The average Bonchev–Trinajstić information content (AvgIpc) is 3.02. The van der Waals surface area contributed by atoms with Gasteiger partial charge in [0.05, 0.1) is 6.61 Å². The zero-order chi connectivity index (χ0) is 32.1. The fourth-order valence-electron chi connectivity index (χ4n) is 5.79. The Morgan fingerprint density at radius 2 is 1.07 bits per heavy atom. The first kappa shape index (κ1) is 40.8. The predicted molar refractivity (Wildman–Crippen MR) is 177 cm³/mol. The topological polar surface area (TPSA) is 104 Å². The van der Waals surface area contributed by atoms with Crippen LogP contribution in [0.5, 0.6) is 0 Å². The van der Waals surface area contributed by atoms with Crippen molar-refractivity contribution < 1.29 is 38.7 Å². The highest BCUT2D eigenvalue weighted by Gasteiger charge is 2.49. The Balaban J connectivity index is 2.50. The summed E-state index contributed by atoms with van der Waals surface area (Å²) in [5.41, 5.74) is 0. The van der Waals surface area contributed by atoms with Gasteiger partial charge >= 0.3 is 6.16 Å². The molecule has 5 atom stereocenters. The van der Waals surface area contributed by atoms with Crippen LogP contribution in [0.3, 0.4) is 0 Å². The molecule has 0 aliphatic carbocycles. The Bertz CT molecular complexity index is 660. The molecule has 1 heterocycles. The summed E-state index contributed by atoms with van der Waals surface area (Å²) in [4.78, 5) is 12.3. The molecule has 0 aromatic carbocycles. The molecule has 0 spiro atoms. The second-order valence-corrected chi connectivity index (χ2v) is 12.4. The minimum atomic E-state index is -1.30. The Kier molecular flexibility index (Phi) is 27.1. The molecule has 0 saturated carbocycles. The lowest BCUT2D eigenvalue weighted by Gasteiger charge is -2.43. The van der Waals surface area contributed by atoms with E-state index in [0.29, 0.717) is 13.2 Å². The molecule has 0 radical (unpaired) electrons. The van der Waals surface area contributed by atoms with Gasteiger partial charge in [-0.1, -0.05) is 155 Å². The molecule has 1 aliphatic rings. The highest BCUT2D eigenvalue weighted by molar-refractivity contribution is 5.60. The van der Waals surface area contributed by atoms with E-state index in [0.717, 1.165) is 38.5 Å². The van der Waals surface area contributed by atoms with Gasteiger partial charge in [0.1, 0.15) is 24.9 Å². The zero-order valence-corrected chi connectivity index (χ0v) is 28.4. The van der Waals surface area contributed by atoms with Crippen molar-refractivity contribution in [2.75, 3.05) is 26.4 Å². The lowest BCUT2D eigenvalue weighted by atomic mass is 9.98. The average molecular weight is 629 g/mol. The third-order valence-electron chi connectivity index (χ3n) is 8.46. The molecule has 0 bridgehead atoms. The van der Waals surface area contributed by atoms with E-state index in [-0.39, 0.29) is 6.61 Å². The Hall–Kier alpha value is -1.19. The van der Waals surface area contributed by atoms with E-state index in [2.05, 4.69) is 20.4 Å². The molecule has 8 heteroatoms. The zero-order valence-electron chi connectivity index (χ0n) is 28.4. The third kappa shape index (κ3) is 20.0. The molecule has 260 valence electrons. The number of carbonyl (C=O) groups is 1. The number of carbonyl (C=O) groups excluding carboxylic acids is 1. The van der Waals surface area contributed by atoms with Crippen LogP contribution in [0, 0.1) is 0 Å². The van der Waals surface area contributed by atoms with E-state index in [1.54, 1.807) is 0 Å². The van der Waals surface area contributed by atoms with Crippen molar-refractivity contribution >= 4 is 6.16 Å². The summed E-state index contributed by atoms with van der Waals surface area (Å²) in [5.74, 6) is 0. The molecule has 1 unspecified atom stereocenters. The summed E-state index contributed by atoms with van der Waals surface area (Å²) in [5, 5.41) is 20.7. The highest BCUT2D eigenvalue weighted by atomic mass is 16.7. The third-order valence-corrected chi connectivity index (χ3v) is 8.46. The van der Waals surface area contributed by atoms with E-state index in [1.807, 2.05) is 0 Å². The lowest BCUT2D eigenvalue weighted by Crippen LogP contribution is -2.61. The van der Waals surface area contributed by atoms with Gasteiger partial charge in [-0.15, -0.1) is 0 Å². The SMILES string of the molecule is C=CCOC(=O)O[C@H]1[C@H](OCCCCCCCCCCCC)[C@@H](OCCCCCCCCCCCCCC)C(O)O[C@@H]1CO. The molecule has 1 saturated heterocycles. The first-order valence-corrected chi connectivity index (χ1v) is 18.2. The standard InChI is InChI=1S/C36H68O8/c1-4-7-9-11-13-15-17-18-20-22-24-26-29-41-34-33(40-28-25-23-21-19-16-14-12-10-8-5-2)32(31(30-37)43-35(34)38)44-36(39)42-27-6-3/h6,31-35,37-38H,3-5,7-30H2,1-2H3/t31-,32-,33+,34-,35?/m1/s1. The summed E-state index contributed by atoms with van der Waals surface area (Å²) in [7, 11) is 0. The van der Waals surface area contributed by atoms with Crippen LogP contribution in [0.4, 0.5) is 4.79 Å². The molecule has 2 N–H and O–H groups in total. The second-order valence-electron chi connectivity index (χ2n) is 12.4. The van der Waals surface area contributed by atoms with E-state index in [1.165, 1.54) is 109 Å². The summed E-state index contributed by atoms with van der Waals surface area (Å²) < 4.78 is 28.5. The molecule has 44 heavy (non-hydrogen) atoms. The first-order valence-electron chi connectivity index (χ1n) is 18.2. The van der Waals surface area contributed by atoms with E-state index in [9.17, 15) is 15.0 Å². The van der Waals surface area contributed by atoms with Crippen LogP contribution in [0.15, 0.2) is 12.7 Å². The van der Waals surface area contributed by atoms with Gasteiger partial charge < -0.3 is 33.9 Å². The fourth-order valence-corrected chi connectivity index (χ4v) is 5.79. The number of aliphatic hydroxyl groups excluding tert-OH is 2. The normalized spacial score (nSPS) is 21.8. The van der Waals surface area contributed by atoms with Crippen molar-refractivity contribution in [3.63, 3.8) is 0 Å². The van der Waals surface area contributed by atoms with Crippen molar-refractivity contribution in [1.29, 1.82) is 0 Å². The lowest BCUT2D eigenvalue weighted by molar-refractivity contribution is -0.304. The van der Waals surface area contributed by atoms with Gasteiger partial charge in [0, 0.05) is 13.2 Å². The van der Waals surface area contributed by atoms with Crippen molar-refractivity contribution in [2.45, 2.75) is 186 Å². The number of unbranched alkanes of at least 4 members (excludes halogenated alkanes) is 20. The van der Waals surface area contributed by atoms with Gasteiger partial charge in [0.2, 0.25) is 0 Å². The van der Waals surface area contributed by atoms with Gasteiger partial charge in [-0.2, -0.15) is 0 Å².